The summed E-state index contributed by atoms with van der Waals surface area (Å²) in [6.07, 6.45) is 6.55. The summed E-state index contributed by atoms with van der Waals surface area (Å²) >= 11 is 0. The predicted molar refractivity (Wildman–Crippen MR) is 99.9 cm³/mol. The third-order valence-electron chi connectivity index (χ3n) is 5.58. The molecule has 1 saturated heterocycles. The van der Waals surface area contributed by atoms with Gasteiger partial charge in [-0.05, 0) is 50.2 Å². The van der Waals surface area contributed by atoms with Crippen LogP contribution in [0.25, 0.3) is 0 Å². The second-order valence-corrected chi connectivity index (χ2v) is 7.02. The number of benzene rings is 1. The Balaban J connectivity index is 1.83. The molecule has 0 spiro atoms. The topological polar surface area (TPSA) is 53.2 Å². The molecule has 3 rings (SSSR count). The van der Waals surface area contributed by atoms with Crippen molar-refractivity contribution in [1.29, 1.82) is 0 Å². The van der Waals surface area contributed by atoms with Gasteiger partial charge in [-0.2, -0.15) is 0 Å². The summed E-state index contributed by atoms with van der Waals surface area (Å²) in [5, 5.41) is 0. The van der Waals surface area contributed by atoms with Gasteiger partial charge in [0.1, 0.15) is 0 Å². The molecule has 0 unspecified atom stereocenters. The van der Waals surface area contributed by atoms with Crippen LogP contribution in [0.2, 0.25) is 0 Å². The molecule has 0 radical (unpaired) electrons. The molecule has 0 bridgehead atoms. The smallest absolute Gasteiger partial charge is 0.256 e. The quantitative estimate of drug-likeness (QED) is 0.904. The zero-order valence-corrected chi connectivity index (χ0v) is 15.0. The van der Waals surface area contributed by atoms with Crippen LogP contribution in [0.5, 0.6) is 0 Å². The first-order chi connectivity index (χ1) is 12.1. The molecule has 4 heteroatoms. The molecule has 1 amide bonds. The number of H-pyrrole nitrogens is 1. The first-order valence-corrected chi connectivity index (χ1v) is 9.11. The van der Waals surface area contributed by atoms with Gasteiger partial charge < -0.3 is 9.88 Å². The molecule has 1 aliphatic rings. The average molecular weight is 338 g/mol. The minimum atomic E-state index is -0.165. The largest absolute Gasteiger partial charge is 0.333 e. The SMILES string of the molecule is CC[C@]1(CCc2ccccc2)CCCN1C(=O)c1c[nH]c(=O)cc1C. The van der Waals surface area contributed by atoms with Crippen LogP contribution in [0, 0.1) is 6.92 Å². The van der Waals surface area contributed by atoms with Gasteiger partial charge in [0.2, 0.25) is 5.56 Å². The molecule has 1 aromatic carbocycles. The summed E-state index contributed by atoms with van der Waals surface area (Å²) in [6, 6.07) is 12.0. The Morgan fingerprint density at radius 3 is 2.72 bits per heavy atom. The van der Waals surface area contributed by atoms with Gasteiger partial charge in [-0.1, -0.05) is 37.3 Å². The Hall–Kier alpha value is -2.36. The van der Waals surface area contributed by atoms with Crippen LogP contribution in [0.4, 0.5) is 0 Å². The number of hydrogen-bond acceptors (Lipinski definition) is 2. The zero-order valence-electron chi connectivity index (χ0n) is 15.0. The minimum absolute atomic E-state index is 0.0427. The van der Waals surface area contributed by atoms with Gasteiger partial charge >= 0.3 is 0 Å². The third-order valence-corrected chi connectivity index (χ3v) is 5.58. The van der Waals surface area contributed by atoms with E-state index in [4.69, 9.17) is 0 Å². The highest BCUT2D eigenvalue weighted by atomic mass is 16.2. The number of hydrogen-bond donors (Lipinski definition) is 1. The van der Waals surface area contributed by atoms with Gasteiger partial charge in [-0.15, -0.1) is 0 Å². The first-order valence-electron chi connectivity index (χ1n) is 9.11. The highest BCUT2D eigenvalue weighted by molar-refractivity contribution is 5.96. The van der Waals surface area contributed by atoms with Crippen molar-refractivity contribution >= 4 is 5.91 Å². The molecule has 0 saturated carbocycles. The number of rotatable bonds is 5. The highest BCUT2D eigenvalue weighted by Crippen LogP contribution is 2.37. The van der Waals surface area contributed by atoms with Crippen LogP contribution < -0.4 is 5.56 Å². The number of carbonyl (C=O) groups excluding carboxylic acids is 1. The van der Waals surface area contributed by atoms with Gasteiger partial charge in [0.15, 0.2) is 0 Å². The molecule has 4 nitrogen and oxygen atoms in total. The normalized spacial score (nSPS) is 20.0. The summed E-state index contributed by atoms with van der Waals surface area (Å²) in [5.41, 5.74) is 2.42. The number of amides is 1. The molecule has 1 N–H and O–H groups in total. The average Bonchev–Trinajstić information content (AvgIpc) is 3.05. The Bertz CT molecular complexity index is 797. The van der Waals surface area contributed by atoms with E-state index in [0.717, 1.165) is 44.2 Å². The van der Waals surface area contributed by atoms with E-state index in [1.54, 1.807) is 6.20 Å². The lowest BCUT2D eigenvalue weighted by molar-refractivity contribution is 0.0563. The lowest BCUT2D eigenvalue weighted by atomic mass is 9.85. The van der Waals surface area contributed by atoms with E-state index in [0.29, 0.717) is 5.56 Å². The number of aromatic nitrogens is 1. The summed E-state index contributed by atoms with van der Waals surface area (Å²) in [7, 11) is 0. The van der Waals surface area contributed by atoms with Crippen molar-refractivity contribution in [3.05, 3.63) is 69.6 Å². The van der Waals surface area contributed by atoms with Gasteiger partial charge in [0.05, 0.1) is 5.56 Å². The van der Waals surface area contributed by atoms with Gasteiger partial charge in [-0.25, -0.2) is 0 Å². The summed E-state index contributed by atoms with van der Waals surface area (Å²) in [6.45, 7) is 4.80. The second-order valence-electron chi connectivity index (χ2n) is 7.02. The molecule has 2 heterocycles. The Labute approximate surface area is 148 Å². The van der Waals surface area contributed by atoms with Crippen LogP contribution in [0.3, 0.4) is 0 Å². The van der Waals surface area contributed by atoms with Crippen molar-refractivity contribution in [2.24, 2.45) is 0 Å². The van der Waals surface area contributed by atoms with Crippen LogP contribution in [0.1, 0.15) is 54.1 Å². The van der Waals surface area contributed by atoms with E-state index in [2.05, 4.69) is 41.1 Å². The molecular formula is C21H26N2O2. The lowest BCUT2D eigenvalue weighted by Crippen LogP contribution is -2.47. The zero-order chi connectivity index (χ0) is 17.9. The molecule has 25 heavy (non-hydrogen) atoms. The summed E-state index contributed by atoms with van der Waals surface area (Å²) < 4.78 is 0. The molecule has 132 valence electrons. The van der Waals surface area contributed by atoms with Crippen molar-refractivity contribution < 1.29 is 4.79 Å². The van der Waals surface area contributed by atoms with Crippen molar-refractivity contribution in [2.45, 2.75) is 51.5 Å². The summed E-state index contributed by atoms with van der Waals surface area (Å²) in [4.78, 5) is 29.3. The van der Waals surface area contributed by atoms with Crippen LogP contribution in [-0.4, -0.2) is 27.9 Å². The number of nitrogens with one attached hydrogen (secondary N) is 1. The number of nitrogens with zero attached hydrogens (tertiary/aromatic N) is 1. The molecule has 2 aromatic rings. The van der Waals surface area contributed by atoms with Crippen LogP contribution in [-0.2, 0) is 6.42 Å². The van der Waals surface area contributed by atoms with E-state index in [-0.39, 0.29) is 17.0 Å². The fourth-order valence-electron chi connectivity index (χ4n) is 4.03. The molecule has 0 aliphatic carbocycles. The van der Waals surface area contributed by atoms with E-state index < -0.39 is 0 Å². The number of pyridine rings is 1. The third kappa shape index (κ3) is 3.53. The van der Waals surface area contributed by atoms with Crippen LogP contribution >= 0.6 is 0 Å². The van der Waals surface area contributed by atoms with Crippen molar-refractivity contribution in [2.75, 3.05) is 6.54 Å². The van der Waals surface area contributed by atoms with Crippen molar-refractivity contribution in [1.82, 2.24) is 9.88 Å². The fraction of sp³-hybridized carbons (Fsp3) is 0.429. The maximum absolute atomic E-state index is 13.2. The summed E-state index contributed by atoms with van der Waals surface area (Å²) in [5.74, 6) is 0.0427. The van der Waals surface area contributed by atoms with E-state index in [9.17, 15) is 9.59 Å². The van der Waals surface area contributed by atoms with Crippen LogP contribution in [0.15, 0.2) is 47.4 Å². The van der Waals surface area contributed by atoms with Gasteiger partial charge in [-0.3, -0.25) is 9.59 Å². The van der Waals surface area contributed by atoms with Crippen molar-refractivity contribution in [3.63, 3.8) is 0 Å². The standard InChI is InChI=1S/C21H26N2O2/c1-3-21(12-10-17-8-5-4-6-9-17)11-7-13-23(21)20(25)18-15-22-19(24)14-16(18)2/h4-6,8-9,14-15H,3,7,10-13H2,1-2H3,(H,22,24)/t21-/m1/s1. The monoisotopic (exact) mass is 338 g/mol. The van der Waals surface area contributed by atoms with E-state index in [1.807, 2.05) is 13.0 Å². The number of carbonyl (C=O) groups is 1. The fourth-order valence-corrected chi connectivity index (χ4v) is 4.03. The maximum atomic E-state index is 13.2. The Morgan fingerprint density at radius 2 is 2.04 bits per heavy atom. The molecule has 1 aromatic heterocycles. The number of likely N-dealkylation sites (tertiary alicyclic amines) is 1. The van der Waals surface area contributed by atoms with Gasteiger partial charge in [0.25, 0.3) is 5.91 Å². The Kier molecular flexibility index (Phi) is 5.07. The molecular weight excluding hydrogens is 312 g/mol. The van der Waals surface area contributed by atoms with Gasteiger partial charge in [0, 0.05) is 24.3 Å². The highest BCUT2D eigenvalue weighted by Gasteiger charge is 2.42. The predicted octanol–water partition coefficient (Wildman–Crippen LogP) is 3.70. The molecule has 1 aliphatic heterocycles. The number of aryl methyl sites for hydroxylation is 2. The van der Waals surface area contributed by atoms with Crippen molar-refractivity contribution in [3.8, 4) is 0 Å². The lowest BCUT2D eigenvalue weighted by Gasteiger charge is -2.38. The van der Waals surface area contributed by atoms with E-state index in [1.165, 1.54) is 11.6 Å². The number of aromatic amines is 1. The minimum Gasteiger partial charge on any atom is -0.333 e. The maximum Gasteiger partial charge on any atom is 0.256 e. The second kappa shape index (κ2) is 7.26. The molecule has 1 atom stereocenters. The molecule has 1 fully saturated rings. The van der Waals surface area contributed by atoms with E-state index >= 15 is 0 Å². The Morgan fingerprint density at radius 1 is 1.28 bits per heavy atom. The first kappa shape index (κ1) is 17.5.